The van der Waals surface area contributed by atoms with Gasteiger partial charge in [0.2, 0.25) is 0 Å². The van der Waals surface area contributed by atoms with Crippen LogP contribution < -0.4 is 16.6 Å². The zero-order chi connectivity index (χ0) is 13.7. The number of nitrogens with one attached hydrogen (secondary N) is 2. The first-order valence-corrected chi connectivity index (χ1v) is 6.32. The lowest BCUT2D eigenvalue weighted by atomic mass is 10.0. The Kier molecular flexibility index (Phi) is 5.16. The summed E-state index contributed by atoms with van der Waals surface area (Å²) in [6, 6.07) is 5.64. The summed E-state index contributed by atoms with van der Waals surface area (Å²) in [5, 5.41) is 3.02. The summed E-state index contributed by atoms with van der Waals surface area (Å²) in [4.78, 5) is 12.1. The van der Waals surface area contributed by atoms with E-state index >= 15 is 0 Å². The number of aryl methyl sites for hydroxylation is 1. The smallest absolute Gasteiger partial charge is 0.251 e. The summed E-state index contributed by atoms with van der Waals surface area (Å²) in [6.45, 7) is 8.23. The number of hydrazine groups is 1. The van der Waals surface area contributed by atoms with E-state index in [0.717, 1.165) is 17.7 Å². The van der Waals surface area contributed by atoms with Crippen molar-refractivity contribution in [2.45, 2.75) is 40.2 Å². The van der Waals surface area contributed by atoms with E-state index in [2.05, 4.69) is 24.6 Å². The number of hydrogen-bond donors (Lipinski definition) is 3. The largest absolute Gasteiger partial charge is 0.350 e. The SMILES string of the molecule is Cc1cc(NN)ccc1C(=O)NC(C)CC(C)C. The molecule has 0 heterocycles. The molecule has 100 valence electrons. The summed E-state index contributed by atoms with van der Waals surface area (Å²) in [7, 11) is 0. The first-order chi connectivity index (χ1) is 8.43. The predicted molar refractivity (Wildman–Crippen MR) is 75.4 cm³/mol. The van der Waals surface area contributed by atoms with Crippen molar-refractivity contribution >= 4 is 11.6 Å². The Labute approximate surface area is 109 Å². The monoisotopic (exact) mass is 249 g/mol. The maximum absolute atomic E-state index is 12.1. The quantitative estimate of drug-likeness (QED) is 0.554. The van der Waals surface area contributed by atoms with E-state index in [1.54, 1.807) is 12.1 Å². The zero-order valence-electron chi connectivity index (χ0n) is 11.6. The molecule has 1 atom stereocenters. The third-order valence-electron chi connectivity index (χ3n) is 2.84. The molecule has 0 fully saturated rings. The van der Waals surface area contributed by atoms with Gasteiger partial charge < -0.3 is 10.7 Å². The molecule has 1 unspecified atom stereocenters. The van der Waals surface area contributed by atoms with Crippen LogP contribution in [-0.4, -0.2) is 11.9 Å². The summed E-state index contributed by atoms with van der Waals surface area (Å²) in [5.74, 6) is 5.88. The molecule has 0 saturated carbocycles. The van der Waals surface area contributed by atoms with E-state index in [4.69, 9.17) is 5.84 Å². The third kappa shape index (κ3) is 4.04. The first-order valence-electron chi connectivity index (χ1n) is 6.32. The van der Waals surface area contributed by atoms with Gasteiger partial charge in [0.1, 0.15) is 0 Å². The number of nitrogen functional groups attached to an aromatic ring is 1. The van der Waals surface area contributed by atoms with Crippen molar-refractivity contribution in [1.29, 1.82) is 0 Å². The highest BCUT2D eigenvalue weighted by Gasteiger charge is 2.13. The van der Waals surface area contributed by atoms with Crippen molar-refractivity contribution in [3.8, 4) is 0 Å². The summed E-state index contributed by atoms with van der Waals surface area (Å²) in [6.07, 6.45) is 0.979. The molecule has 0 aliphatic carbocycles. The van der Waals surface area contributed by atoms with Crippen molar-refractivity contribution in [2.75, 3.05) is 5.43 Å². The van der Waals surface area contributed by atoms with Gasteiger partial charge in [-0.1, -0.05) is 13.8 Å². The lowest BCUT2D eigenvalue weighted by molar-refractivity contribution is 0.0935. The van der Waals surface area contributed by atoms with E-state index in [1.165, 1.54) is 0 Å². The van der Waals surface area contributed by atoms with Gasteiger partial charge in [0, 0.05) is 17.3 Å². The van der Waals surface area contributed by atoms with Gasteiger partial charge in [-0.2, -0.15) is 0 Å². The summed E-state index contributed by atoms with van der Waals surface area (Å²) in [5.41, 5.74) is 4.99. The number of amides is 1. The number of anilines is 1. The van der Waals surface area contributed by atoms with Crippen LogP contribution in [0, 0.1) is 12.8 Å². The first kappa shape index (κ1) is 14.5. The highest BCUT2D eigenvalue weighted by atomic mass is 16.1. The van der Waals surface area contributed by atoms with Crippen molar-refractivity contribution in [3.63, 3.8) is 0 Å². The Morgan fingerprint density at radius 2 is 2.00 bits per heavy atom. The molecule has 0 bridgehead atoms. The van der Waals surface area contributed by atoms with Crippen LogP contribution in [0.15, 0.2) is 18.2 Å². The second-order valence-electron chi connectivity index (χ2n) is 5.18. The number of nitrogens with two attached hydrogens (primary N) is 1. The second kappa shape index (κ2) is 6.40. The summed E-state index contributed by atoms with van der Waals surface area (Å²) < 4.78 is 0. The molecular formula is C14H23N3O. The van der Waals surface area contributed by atoms with Crippen molar-refractivity contribution in [1.82, 2.24) is 5.32 Å². The van der Waals surface area contributed by atoms with Gasteiger partial charge in [0.25, 0.3) is 5.91 Å². The molecule has 4 nitrogen and oxygen atoms in total. The minimum Gasteiger partial charge on any atom is -0.350 e. The van der Waals surface area contributed by atoms with E-state index in [0.29, 0.717) is 11.5 Å². The highest BCUT2D eigenvalue weighted by molar-refractivity contribution is 5.96. The molecule has 4 heteroatoms. The molecule has 0 aromatic heterocycles. The Morgan fingerprint density at radius 3 is 2.50 bits per heavy atom. The number of hydrogen-bond acceptors (Lipinski definition) is 3. The fraction of sp³-hybridized carbons (Fsp3) is 0.500. The Balaban J connectivity index is 2.72. The van der Waals surface area contributed by atoms with Crippen molar-refractivity contribution < 1.29 is 4.79 Å². The molecule has 0 aliphatic rings. The van der Waals surface area contributed by atoms with Gasteiger partial charge in [-0.3, -0.25) is 10.6 Å². The fourth-order valence-electron chi connectivity index (χ4n) is 2.08. The number of carbonyl (C=O) groups excluding carboxylic acids is 1. The Bertz CT molecular complexity index is 416. The second-order valence-corrected chi connectivity index (χ2v) is 5.18. The molecule has 0 radical (unpaired) electrons. The van der Waals surface area contributed by atoms with Crippen molar-refractivity contribution in [2.24, 2.45) is 11.8 Å². The highest BCUT2D eigenvalue weighted by Crippen LogP contribution is 2.15. The predicted octanol–water partition coefficient (Wildman–Crippen LogP) is 2.45. The Hall–Kier alpha value is -1.55. The minimum absolute atomic E-state index is 0.0239. The molecule has 1 amide bonds. The lowest BCUT2D eigenvalue weighted by Gasteiger charge is -2.17. The molecule has 1 aromatic carbocycles. The van der Waals surface area contributed by atoms with Gasteiger partial charge in [-0.05, 0) is 49.9 Å². The van der Waals surface area contributed by atoms with Crippen LogP contribution in [0.5, 0.6) is 0 Å². The van der Waals surface area contributed by atoms with Crippen LogP contribution in [-0.2, 0) is 0 Å². The lowest BCUT2D eigenvalue weighted by Crippen LogP contribution is -2.33. The maximum Gasteiger partial charge on any atom is 0.251 e. The normalized spacial score (nSPS) is 12.3. The average molecular weight is 249 g/mol. The van der Waals surface area contributed by atoms with E-state index in [9.17, 15) is 4.79 Å². The van der Waals surface area contributed by atoms with Crippen LogP contribution in [0.1, 0.15) is 43.1 Å². The molecule has 0 spiro atoms. The average Bonchev–Trinajstić information content (AvgIpc) is 2.27. The number of rotatable bonds is 5. The van der Waals surface area contributed by atoms with Crippen LogP contribution in [0.4, 0.5) is 5.69 Å². The summed E-state index contributed by atoms with van der Waals surface area (Å²) >= 11 is 0. The van der Waals surface area contributed by atoms with E-state index in [1.807, 2.05) is 19.9 Å². The van der Waals surface area contributed by atoms with Crippen LogP contribution in [0.25, 0.3) is 0 Å². The van der Waals surface area contributed by atoms with E-state index < -0.39 is 0 Å². The molecule has 0 aliphatic heterocycles. The molecule has 0 saturated heterocycles. The van der Waals surface area contributed by atoms with Gasteiger partial charge >= 0.3 is 0 Å². The molecule has 1 aromatic rings. The zero-order valence-corrected chi connectivity index (χ0v) is 11.6. The third-order valence-corrected chi connectivity index (χ3v) is 2.84. The Morgan fingerprint density at radius 1 is 1.33 bits per heavy atom. The van der Waals surface area contributed by atoms with Crippen molar-refractivity contribution in [3.05, 3.63) is 29.3 Å². The van der Waals surface area contributed by atoms with Gasteiger partial charge in [0.15, 0.2) is 0 Å². The van der Waals surface area contributed by atoms with Crippen LogP contribution in [0.2, 0.25) is 0 Å². The van der Waals surface area contributed by atoms with Gasteiger partial charge in [-0.25, -0.2) is 0 Å². The van der Waals surface area contributed by atoms with Gasteiger partial charge in [-0.15, -0.1) is 0 Å². The molecule has 18 heavy (non-hydrogen) atoms. The van der Waals surface area contributed by atoms with E-state index in [-0.39, 0.29) is 11.9 Å². The van der Waals surface area contributed by atoms with Gasteiger partial charge in [0.05, 0.1) is 0 Å². The topological polar surface area (TPSA) is 67.1 Å². The molecular weight excluding hydrogens is 226 g/mol. The standard InChI is InChI=1S/C14H23N3O/c1-9(2)7-11(4)16-14(18)13-6-5-12(17-15)8-10(13)3/h5-6,8-9,11,17H,7,15H2,1-4H3,(H,16,18). The maximum atomic E-state index is 12.1. The van der Waals surface area contributed by atoms with Crippen LogP contribution in [0.3, 0.4) is 0 Å². The van der Waals surface area contributed by atoms with Crippen LogP contribution >= 0.6 is 0 Å². The molecule has 4 N–H and O–H groups in total. The number of benzene rings is 1. The fourth-order valence-corrected chi connectivity index (χ4v) is 2.08. The minimum atomic E-state index is -0.0239. The molecule has 1 rings (SSSR count). The number of carbonyl (C=O) groups is 1.